The summed E-state index contributed by atoms with van der Waals surface area (Å²) in [5.41, 5.74) is 3.24. The van der Waals surface area contributed by atoms with Gasteiger partial charge in [0.05, 0.1) is 7.11 Å². The van der Waals surface area contributed by atoms with Crippen molar-refractivity contribution < 1.29 is 23.8 Å². The zero-order chi connectivity index (χ0) is 24.8. The number of ether oxygens (including phenoxy) is 3. The molecule has 1 aliphatic rings. The van der Waals surface area contributed by atoms with E-state index in [-0.39, 0.29) is 12.7 Å². The molecule has 35 heavy (non-hydrogen) atoms. The summed E-state index contributed by atoms with van der Waals surface area (Å²) in [6, 6.07) is 19.2. The van der Waals surface area contributed by atoms with Gasteiger partial charge in [0.2, 0.25) is 12.7 Å². The maximum atomic E-state index is 13.2. The SMILES string of the molecule is COc1ccc([C@H](NC(=O)/C=C/c2ccc3c(c2)OCO3)C(=O)Nc2ccc(C(C)C)cc2)cc1. The molecule has 3 aromatic carbocycles. The Balaban J connectivity index is 1.50. The molecule has 0 saturated heterocycles. The van der Waals surface area contributed by atoms with E-state index in [0.29, 0.717) is 34.4 Å². The van der Waals surface area contributed by atoms with Gasteiger partial charge in [-0.2, -0.15) is 0 Å². The quantitative estimate of drug-likeness (QED) is 0.448. The van der Waals surface area contributed by atoms with Crippen molar-refractivity contribution in [2.24, 2.45) is 0 Å². The molecule has 0 aliphatic carbocycles. The highest BCUT2D eigenvalue weighted by molar-refractivity contribution is 6.00. The van der Waals surface area contributed by atoms with Gasteiger partial charge in [0, 0.05) is 11.8 Å². The molecule has 2 N–H and O–H groups in total. The van der Waals surface area contributed by atoms with Crippen molar-refractivity contribution in [3.63, 3.8) is 0 Å². The van der Waals surface area contributed by atoms with Crippen LogP contribution in [0.15, 0.2) is 72.8 Å². The van der Waals surface area contributed by atoms with Gasteiger partial charge in [-0.3, -0.25) is 9.59 Å². The molecule has 3 aromatic rings. The van der Waals surface area contributed by atoms with E-state index in [1.54, 1.807) is 49.6 Å². The number of benzene rings is 3. The molecule has 180 valence electrons. The van der Waals surface area contributed by atoms with Crippen LogP contribution >= 0.6 is 0 Å². The molecule has 0 radical (unpaired) electrons. The first-order valence-corrected chi connectivity index (χ1v) is 11.4. The summed E-state index contributed by atoms with van der Waals surface area (Å²) in [5.74, 6) is 1.59. The summed E-state index contributed by atoms with van der Waals surface area (Å²) in [6.45, 7) is 4.40. The number of hydrogen-bond acceptors (Lipinski definition) is 5. The Labute approximate surface area is 204 Å². The minimum absolute atomic E-state index is 0.182. The van der Waals surface area contributed by atoms with Crippen molar-refractivity contribution >= 4 is 23.6 Å². The number of hydrogen-bond donors (Lipinski definition) is 2. The molecule has 4 rings (SSSR count). The number of carbonyl (C=O) groups excluding carboxylic acids is 2. The first-order valence-electron chi connectivity index (χ1n) is 11.4. The van der Waals surface area contributed by atoms with Crippen LogP contribution in [-0.4, -0.2) is 25.7 Å². The van der Waals surface area contributed by atoms with E-state index in [2.05, 4.69) is 24.5 Å². The van der Waals surface area contributed by atoms with E-state index in [4.69, 9.17) is 14.2 Å². The second kappa shape index (κ2) is 10.8. The summed E-state index contributed by atoms with van der Waals surface area (Å²) in [4.78, 5) is 26.0. The number of fused-ring (bicyclic) bond motifs is 1. The first-order chi connectivity index (χ1) is 16.9. The second-order valence-electron chi connectivity index (χ2n) is 8.43. The lowest BCUT2D eigenvalue weighted by molar-refractivity contribution is -0.123. The number of rotatable bonds is 8. The fraction of sp³-hybridized carbons (Fsp3) is 0.214. The third kappa shape index (κ3) is 6.00. The van der Waals surface area contributed by atoms with E-state index in [1.807, 2.05) is 30.3 Å². The number of nitrogens with one attached hydrogen (secondary N) is 2. The van der Waals surface area contributed by atoms with Crippen LogP contribution in [0.5, 0.6) is 17.2 Å². The van der Waals surface area contributed by atoms with Gasteiger partial charge in [-0.05, 0) is 65.1 Å². The minimum Gasteiger partial charge on any atom is -0.497 e. The number of methoxy groups -OCH3 is 1. The Morgan fingerprint density at radius 3 is 2.29 bits per heavy atom. The summed E-state index contributed by atoms with van der Waals surface area (Å²) in [6.07, 6.45) is 3.05. The molecule has 0 saturated carbocycles. The van der Waals surface area contributed by atoms with Crippen LogP contribution in [0.3, 0.4) is 0 Å². The number of anilines is 1. The normalized spacial score (nSPS) is 13.0. The van der Waals surface area contributed by atoms with Gasteiger partial charge >= 0.3 is 0 Å². The molecule has 0 spiro atoms. The van der Waals surface area contributed by atoms with Crippen LogP contribution in [0, 0.1) is 0 Å². The molecule has 1 atom stereocenters. The van der Waals surface area contributed by atoms with Gasteiger partial charge in [-0.1, -0.05) is 44.2 Å². The van der Waals surface area contributed by atoms with Crippen LogP contribution in [0.1, 0.15) is 42.5 Å². The monoisotopic (exact) mass is 472 g/mol. The van der Waals surface area contributed by atoms with Crippen LogP contribution in [0.25, 0.3) is 6.08 Å². The fourth-order valence-corrected chi connectivity index (χ4v) is 3.64. The molecular weight excluding hydrogens is 444 g/mol. The van der Waals surface area contributed by atoms with Crippen molar-refractivity contribution in [2.75, 3.05) is 19.2 Å². The fourth-order valence-electron chi connectivity index (χ4n) is 3.64. The van der Waals surface area contributed by atoms with E-state index in [0.717, 1.165) is 5.56 Å². The third-order valence-electron chi connectivity index (χ3n) is 5.67. The Bertz CT molecular complexity index is 1220. The largest absolute Gasteiger partial charge is 0.497 e. The Morgan fingerprint density at radius 2 is 1.60 bits per heavy atom. The first kappa shape index (κ1) is 23.9. The lowest BCUT2D eigenvalue weighted by atomic mass is 10.0. The van der Waals surface area contributed by atoms with Gasteiger partial charge in [0.25, 0.3) is 5.91 Å². The third-order valence-corrected chi connectivity index (χ3v) is 5.67. The van der Waals surface area contributed by atoms with Crippen molar-refractivity contribution in [1.29, 1.82) is 0 Å². The van der Waals surface area contributed by atoms with Crippen LogP contribution in [-0.2, 0) is 9.59 Å². The lowest BCUT2D eigenvalue weighted by Gasteiger charge is -2.19. The predicted octanol–water partition coefficient (Wildman–Crippen LogP) is 5.06. The molecule has 7 nitrogen and oxygen atoms in total. The highest BCUT2D eigenvalue weighted by Gasteiger charge is 2.22. The summed E-state index contributed by atoms with van der Waals surface area (Å²) >= 11 is 0. The smallest absolute Gasteiger partial charge is 0.251 e. The molecular formula is C28H28N2O5. The van der Waals surface area contributed by atoms with Crippen molar-refractivity contribution in [2.45, 2.75) is 25.8 Å². The summed E-state index contributed by atoms with van der Waals surface area (Å²) in [5, 5.41) is 5.71. The zero-order valence-corrected chi connectivity index (χ0v) is 19.9. The van der Waals surface area contributed by atoms with Crippen molar-refractivity contribution in [3.05, 3.63) is 89.5 Å². The van der Waals surface area contributed by atoms with Crippen LogP contribution in [0.4, 0.5) is 5.69 Å². The number of amides is 2. The predicted molar refractivity (Wildman–Crippen MR) is 135 cm³/mol. The average Bonchev–Trinajstić information content (AvgIpc) is 3.34. The maximum Gasteiger partial charge on any atom is 0.251 e. The maximum absolute atomic E-state index is 13.2. The van der Waals surface area contributed by atoms with Crippen LogP contribution in [0.2, 0.25) is 0 Å². The minimum atomic E-state index is -0.903. The molecule has 1 heterocycles. The van der Waals surface area contributed by atoms with E-state index in [1.165, 1.54) is 11.6 Å². The van der Waals surface area contributed by atoms with E-state index in [9.17, 15) is 9.59 Å². The Morgan fingerprint density at radius 1 is 0.914 bits per heavy atom. The zero-order valence-electron chi connectivity index (χ0n) is 19.9. The number of carbonyl (C=O) groups is 2. The van der Waals surface area contributed by atoms with E-state index >= 15 is 0 Å². The second-order valence-corrected chi connectivity index (χ2v) is 8.43. The molecule has 1 aliphatic heterocycles. The van der Waals surface area contributed by atoms with Gasteiger partial charge in [0.15, 0.2) is 11.5 Å². The molecule has 0 bridgehead atoms. The molecule has 7 heteroatoms. The Kier molecular flexibility index (Phi) is 7.35. The van der Waals surface area contributed by atoms with Crippen LogP contribution < -0.4 is 24.8 Å². The van der Waals surface area contributed by atoms with E-state index < -0.39 is 11.9 Å². The standard InChI is InChI=1S/C28H28N2O5/c1-18(2)20-6-10-22(11-7-20)29-28(32)27(21-8-12-23(33-3)13-9-21)30-26(31)15-5-19-4-14-24-25(16-19)35-17-34-24/h4-16,18,27H,17H2,1-3H3,(H,29,32)(H,30,31)/b15-5+/t27-/m0/s1. The van der Waals surface area contributed by atoms with Gasteiger partial charge in [-0.15, -0.1) is 0 Å². The van der Waals surface area contributed by atoms with Gasteiger partial charge in [0.1, 0.15) is 11.8 Å². The molecule has 0 aromatic heterocycles. The van der Waals surface area contributed by atoms with Crippen molar-refractivity contribution in [1.82, 2.24) is 5.32 Å². The summed E-state index contributed by atoms with van der Waals surface area (Å²) in [7, 11) is 1.57. The van der Waals surface area contributed by atoms with Crippen molar-refractivity contribution in [3.8, 4) is 17.2 Å². The molecule has 0 unspecified atom stereocenters. The Hall–Kier alpha value is -4.26. The highest BCUT2D eigenvalue weighted by atomic mass is 16.7. The highest BCUT2D eigenvalue weighted by Crippen LogP contribution is 2.32. The molecule has 0 fully saturated rings. The van der Waals surface area contributed by atoms with Gasteiger partial charge in [-0.25, -0.2) is 0 Å². The molecule has 2 amide bonds. The summed E-state index contributed by atoms with van der Waals surface area (Å²) < 4.78 is 15.9. The van der Waals surface area contributed by atoms with Gasteiger partial charge < -0.3 is 24.8 Å². The lowest BCUT2D eigenvalue weighted by Crippen LogP contribution is -2.36. The topological polar surface area (TPSA) is 85.9 Å². The average molecular weight is 473 g/mol.